The van der Waals surface area contributed by atoms with Crippen LogP contribution >= 0.6 is 0 Å². The number of aliphatic hydroxyl groups is 1. The number of benzene rings is 1. The Morgan fingerprint density at radius 2 is 2.00 bits per heavy atom. The van der Waals surface area contributed by atoms with Crippen molar-refractivity contribution in [1.29, 1.82) is 0 Å². The number of hydrogen-bond donors (Lipinski definition) is 3. The van der Waals surface area contributed by atoms with Gasteiger partial charge in [-0.05, 0) is 42.4 Å². The number of aromatic nitrogens is 2. The van der Waals surface area contributed by atoms with E-state index in [1.54, 1.807) is 0 Å². The molecule has 1 aromatic carbocycles. The number of rotatable bonds is 3. The number of H-pyrrole nitrogens is 1. The summed E-state index contributed by atoms with van der Waals surface area (Å²) in [6.45, 7) is 0. The number of carboxylic acid groups (broad SMARTS) is 1. The fourth-order valence-corrected chi connectivity index (χ4v) is 2.77. The number of carboxylic acids is 1. The Hall–Kier alpha value is -2.14. The van der Waals surface area contributed by atoms with Crippen LogP contribution in [0.3, 0.4) is 0 Å². The molecule has 3 rings (SSSR count). The van der Waals surface area contributed by atoms with Crippen LogP contribution in [0, 0.1) is 0 Å². The van der Waals surface area contributed by atoms with Crippen LogP contribution in [0.1, 0.15) is 51.8 Å². The van der Waals surface area contributed by atoms with Gasteiger partial charge in [0.25, 0.3) is 0 Å². The molecule has 0 spiro atoms. The molecule has 2 aromatic rings. The summed E-state index contributed by atoms with van der Waals surface area (Å²) in [7, 11) is 0. The molecule has 1 atom stereocenters. The van der Waals surface area contributed by atoms with Gasteiger partial charge in [0.2, 0.25) is 0 Å². The molecule has 0 fully saturated rings. The van der Waals surface area contributed by atoms with Gasteiger partial charge in [-0.25, -0.2) is 9.78 Å². The third-order valence-corrected chi connectivity index (χ3v) is 3.83. The molecular formula is C15H16N2O3. The molecule has 3 N–H and O–H groups in total. The lowest BCUT2D eigenvalue weighted by molar-refractivity contribution is 0.0685. The SMILES string of the molecule is O=C(O)c1nc[nH]c1C(O)c1ccc2c(c1)CCCC2. The van der Waals surface area contributed by atoms with Gasteiger partial charge in [-0.15, -0.1) is 0 Å². The van der Waals surface area contributed by atoms with Gasteiger partial charge in [0.1, 0.15) is 6.10 Å². The molecule has 5 nitrogen and oxygen atoms in total. The maximum Gasteiger partial charge on any atom is 0.356 e. The summed E-state index contributed by atoms with van der Waals surface area (Å²) in [4.78, 5) is 17.5. The number of carbonyl (C=O) groups is 1. The standard InChI is InChI=1S/C15H16N2O3/c18-14(12-13(15(19)20)17-8-16-12)11-6-5-9-3-1-2-4-10(9)7-11/h5-8,14,18H,1-4H2,(H,16,17)(H,19,20). The van der Waals surface area contributed by atoms with Crippen LogP contribution in [0.15, 0.2) is 24.5 Å². The maximum atomic E-state index is 11.1. The number of hydrogen-bond acceptors (Lipinski definition) is 3. The summed E-state index contributed by atoms with van der Waals surface area (Å²) in [5, 5.41) is 19.4. The van der Waals surface area contributed by atoms with Crippen molar-refractivity contribution in [3.05, 3.63) is 52.6 Å². The second-order valence-corrected chi connectivity index (χ2v) is 5.11. The predicted molar refractivity (Wildman–Crippen MR) is 72.7 cm³/mol. The second-order valence-electron chi connectivity index (χ2n) is 5.11. The molecule has 5 heteroatoms. The lowest BCUT2D eigenvalue weighted by Crippen LogP contribution is -2.10. The van der Waals surface area contributed by atoms with Crippen molar-refractivity contribution in [1.82, 2.24) is 9.97 Å². The Bertz CT molecular complexity index is 648. The topological polar surface area (TPSA) is 86.2 Å². The summed E-state index contributed by atoms with van der Waals surface area (Å²) >= 11 is 0. The molecule has 1 aromatic heterocycles. The molecule has 0 aliphatic heterocycles. The monoisotopic (exact) mass is 272 g/mol. The largest absolute Gasteiger partial charge is 0.476 e. The molecule has 20 heavy (non-hydrogen) atoms. The minimum Gasteiger partial charge on any atom is -0.476 e. The Kier molecular flexibility index (Phi) is 3.28. The van der Waals surface area contributed by atoms with E-state index in [0.29, 0.717) is 5.56 Å². The smallest absolute Gasteiger partial charge is 0.356 e. The highest BCUT2D eigenvalue weighted by Gasteiger charge is 2.22. The molecule has 1 aliphatic carbocycles. The molecule has 1 aliphatic rings. The number of nitrogens with one attached hydrogen (secondary N) is 1. The van der Waals surface area contributed by atoms with E-state index in [9.17, 15) is 9.90 Å². The first-order chi connectivity index (χ1) is 9.66. The van der Waals surface area contributed by atoms with Gasteiger partial charge >= 0.3 is 5.97 Å². The van der Waals surface area contributed by atoms with Gasteiger partial charge in [0.15, 0.2) is 5.69 Å². The molecule has 1 heterocycles. The van der Waals surface area contributed by atoms with Crippen LogP contribution in [-0.2, 0) is 12.8 Å². The number of nitrogens with zero attached hydrogens (tertiary/aromatic N) is 1. The number of fused-ring (bicyclic) bond motifs is 1. The fourth-order valence-electron chi connectivity index (χ4n) is 2.77. The molecule has 104 valence electrons. The van der Waals surface area contributed by atoms with Crippen LogP contribution in [0.25, 0.3) is 0 Å². The third kappa shape index (κ3) is 2.20. The van der Waals surface area contributed by atoms with Gasteiger partial charge in [-0.2, -0.15) is 0 Å². The van der Waals surface area contributed by atoms with E-state index in [1.165, 1.54) is 23.9 Å². The third-order valence-electron chi connectivity index (χ3n) is 3.83. The van der Waals surface area contributed by atoms with Crippen LogP contribution in [-0.4, -0.2) is 26.2 Å². The van der Waals surface area contributed by atoms with Crippen molar-refractivity contribution >= 4 is 5.97 Å². The van der Waals surface area contributed by atoms with Gasteiger partial charge < -0.3 is 15.2 Å². The summed E-state index contributed by atoms with van der Waals surface area (Å²) in [5.41, 5.74) is 3.39. The van der Waals surface area contributed by atoms with Gasteiger partial charge in [0, 0.05) is 0 Å². The lowest BCUT2D eigenvalue weighted by Gasteiger charge is -2.18. The number of imidazole rings is 1. The molecule has 0 radical (unpaired) electrons. The van der Waals surface area contributed by atoms with Crippen LogP contribution in [0.2, 0.25) is 0 Å². The average molecular weight is 272 g/mol. The second kappa shape index (κ2) is 5.09. The summed E-state index contributed by atoms with van der Waals surface area (Å²) in [5.74, 6) is -1.14. The Morgan fingerprint density at radius 1 is 1.25 bits per heavy atom. The van der Waals surface area contributed by atoms with E-state index in [4.69, 9.17) is 5.11 Å². The van der Waals surface area contributed by atoms with Gasteiger partial charge in [-0.3, -0.25) is 0 Å². The minimum atomic E-state index is -1.14. The minimum absolute atomic E-state index is 0.129. The van der Waals surface area contributed by atoms with Crippen molar-refractivity contribution in [2.45, 2.75) is 31.8 Å². The normalized spacial score (nSPS) is 15.7. The van der Waals surface area contributed by atoms with Crippen molar-refractivity contribution < 1.29 is 15.0 Å². The zero-order chi connectivity index (χ0) is 14.1. The average Bonchev–Trinajstić information content (AvgIpc) is 2.95. The number of aliphatic hydroxyl groups excluding tert-OH is 1. The van der Waals surface area contributed by atoms with E-state index in [0.717, 1.165) is 19.3 Å². The van der Waals surface area contributed by atoms with Crippen molar-refractivity contribution in [2.75, 3.05) is 0 Å². The number of aryl methyl sites for hydroxylation is 2. The van der Waals surface area contributed by atoms with E-state index in [-0.39, 0.29) is 11.4 Å². The zero-order valence-corrected chi connectivity index (χ0v) is 11.0. The predicted octanol–water partition coefficient (Wildman–Crippen LogP) is 2.07. The summed E-state index contributed by atoms with van der Waals surface area (Å²) in [6.07, 6.45) is 4.77. The van der Waals surface area contributed by atoms with Crippen LogP contribution in [0.4, 0.5) is 0 Å². The Morgan fingerprint density at radius 3 is 2.75 bits per heavy atom. The van der Waals surface area contributed by atoms with Gasteiger partial charge in [0.05, 0.1) is 12.0 Å². The Labute approximate surface area is 116 Å². The first-order valence-corrected chi connectivity index (χ1v) is 6.73. The quantitative estimate of drug-likeness (QED) is 0.798. The van der Waals surface area contributed by atoms with Crippen molar-refractivity contribution in [2.24, 2.45) is 0 Å². The highest BCUT2D eigenvalue weighted by Crippen LogP contribution is 2.28. The lowest BCUT2D eigenvalue weighted by atomic mass is 9.89. The van der Waals surface area contributed by atoms with E-state index >= 15 is 0 Å². The fraction of sp³-hybridized carbons (Fsp3) is 0.333. The van der Waals surface area contributed by atoms with E-state index < -0.39 is 12.1 Å². The highest BCUT2D eigenvalue weighted by molar-refractivity contribution is 5.86. The molecule has 1 unspecified atom stereocenters. The molecular weight excluding hydrogens is 256 g/mol. The number of aromatic amines is 1. The van der Waals surface area contributed by atoms with Crippen LogP contribution < -0.4 is 0 Å². The molecule has 0 amide bonds. The first kappa shape index (κ1) is 12.9. The van der Waals surface area contributed by atoms with E-state index in [2.05, 4.69) is 9.97 Å². The molecule has 0 bridgehead atoms. The maximum absolute atomic E-state index is 11.1. The summed E-state index contributed by atoms with van der Waals surface area (Å²) in [6, 6.07) is 5.87. The van der Waals surface area contributed by atoms with Crippen molar-refractivity contribution in [3.8, 4) is 0 Å². The highest BCUT2D eigenvalue weighted by atomic mass is 16.4. The van der Waals surface area contributed by atoms with Crippen molar-refractivity contribution in [3.63, 3.8) is 0 Å². The molecule has 0 saturated carbocycles. The van der Waals surface area contributed by atoms with E-state index in [1.807, 2.05) is 18.2 Å². The van der Waals surface area contributed by atoms with Gasteiger partial charge in [-0.1, -0.05) is 18.2 Å². The zero-order valence-electron chi connectivity index (χ0n) is 11.0. The number of aromatic carboxylic acids is 1. The first-order valence-electron chi connectivity index (χ1n) is 6.73. The molecule has 0 saturated heterocycles. The summed E-state index contributed by atoms with van der Waals surface area (Å²) < 4.78 is 0. The van der Waals surface area contributed by atoms with Crippen LogP contribution in [0.5, 0.6) is 0 Å². The Balaban J connectivity index is 1.96.